The highest BCUT2D eigenvalue weighted by Crippen LogP contribution is 2.28. The molecule has 0 bridgehead atoms. The molecule has 1 amide bonds. The Bertz CT molecular complexity index is 1060. The number of amides is 1. The van der Waals surface area contributed by atoms with Crippen molar-refractivity contribution in [3.05, 3.63) is 58.9 Å². The first kappa shape index (κ1) is 18.2. The van der Waals surface area contributed by atoms with Gasteiger partial charge in [-0.05, 0) is 23.1 Å². The molecule has 0 saturated carbocycles. The van der Waals surface area contributed by atoms with Crippen LogP contribution in [-0.4, -0.2) is 40.1 Å². The van der Waals surface area contributed by atoms with Crippen LogP contribution in [0.15, 0.2) is 41.1 Å². The average Bonchev–Trinajstić information content (AvgIpc) is 3.15. The van der Waals surface area contributed by atoms with Crippen molar-refractivity contribution in [2.24, 2.45) is 0 Å². The maximum absolute atomic E-state index is 13.3. The molecule has 1 aliphatic rings. The molecule has 0 radical (unpaired) electrons. The molecule has 1 aromatic carbocycles. The number of nitrogens with zero attached hydrogens (tertiary/aromatic N) is 3. The Balaban J connectivity index is 1.73. The number of ether oxygens (including phenoxy) is 1. The molecule has 0 spiro atoms. The van der Waals surface area contributed by atoms with Crippen molar-refractivity contribution in [1.29, 1.82) is 0 Å². The van der Waals surface area contributed by atoms with Crippen LogP contribution in [0.1, 0.15) is 46.9 Å². The number of hydrogen-bond acceptors (Lipinski definition) is 6. The lowest BCUT2D eigenvalue weighted by atomic mass is 9.93. The third kappa shape index (κ3) is 3.02. The van der Waals surface area contributed by atoms with Crippen molar-refractivity contribution in [3.8, 4) is 0 Å². The number of pyridine rings is 1. The number of rotatable bonds is 3. The van der Waals surface area contributed by atoms with E-state index in [4.69, 9.17) is 9.26 Å². The third-order valence-corrected chi connectivity index (χ3v) is 5.13. The molecule has 0 fully saturated rings. The summed E-state index contributed by atoms with van der Waals surface area (Å²) >= 11 is 0. The zero-order valence-electron chi connectivity index (χ0n) is 16.0. The van der Waals surface area contributed by atoms with Crippen molar-refractivity contribution in [2.75, 3.05) is 7.11 Å². The molecule has 3 heterocycles. The first-order chi connectivity index (χ1) is 13.5. The topological polar surface area (TPSA) is 85.5 Å². The number of benzene rings is 1. The van der Waals surface area contributed by atoms with Crippen LogP contribution < -0.4 is 0 Å². The number of fused-ring (bicyclic) bond motifs is 2. The van der Waals surface area contributed by atoms with Crippen LogP contribution in [0.25, 0.3) is 11.1 Å². The highest BCUT2D eigenvalue weighted by molar-refractivity contribution is 5.99. The first-order valence-corrected chi connectivity index (χ1v) is 9.20. The number of esters is 1. The molecule has 3 aromatic rings. The summed E-state index contributed by atoms with van der Waals surface area (Å²) in [6, 6.07) is 8.89. The first-order valence-electron chi connectivity index (χ1n) is 9.20. The molecule has 4 rings (SSSR count). The second-order valence-electron chi connectivity index (χ2n) is 7.24. The summed E-state index contributed by atoms with van der Waals surface area (Å²) in [6.07, 6.45) is 1.89. The predicted molar refractivity (Wildman–Crippen MR) is 102 cm³/mol. The van der Waals surface area contributed by atoms with Crippen molar-refractivity contribution in [2.45, 2.75) is 38.8 Å². The fourth-order valence-electron chi connectivity index (χ4n) is 3.63. The van der Waals surface area contributed by atoms with E-state index in [1.807, 2.05) is 38.1 Å². The highest BCUT2D eigenvalue weighted by atomic mass is 16.5. The molecular weight excluding hydrogens is 358 g/mol. The molecule has 144 valence electrons. The minimum absolute atomic E-state index is 0.137. The standard InChI is InChI=1S/C21H21N3O4/c1-12(2)18-16-8-15(10-22-19(16)28-23-18)20(25)24-11-14-7-5-4-6-13(14)9-17(24)21(26)27-3/h4-8,10,12,17H,9,11H2,1-3H3. The summed E-state index contributed by atoms with van der Waals surface area (Å²) in [5.41, 5.74) is 3.62. The fraction of sp³-hybridized carbons (Fsp3) is 0.333. The molecule has 28 heavy (non-hydrogen) atoms. The Morgan fingerprint density at radius 1 is 1.25 bits per heavy atom. The monoisotopic (exact) mass is 379 g/mol. The van der Waals surface area contributed by atoms with Gasteiger partial charge in [-0.15, -0.1) is 0 Å². The molecule has 0 saturated heterocycles. The van der Waals surface area contributed by atoms with Gasteiger partial charge < -0.3 is 14.2 Å². The Morgan fingerprint density at radius 2 is 2.00 bits per heavy atom. The Morgan fingerprint density at radius 3 is 2.71 bits per heavy atom. The van der Waals surface area contributed by atoms with E-state index in [9.17, 15) is 9.59 Å². The van der Waals surface area contributed by atoms with E-state index in [2.05, 4.69) is 10.1 Å². The minimum Gasteiger partial charge on any atom is -0.467 e. The van der Waals surface area contributed by atoms with Crippen LogP contribution in [0.4, 0.5) is 0 Å². The Labute approximate surface area is 162 Å². The van der Waals surface area contributed by atoms with Gasteiger partial charge in [0.25, 0.3) is 11.6 Å². The van der Waals surface area contributed by atoms with Gasteiger partial charge in [0.1, 0.15) is 6.04 Å². The van der Waals surface area contributed by atoms with E-state index >= 15 is 0 Å². The summed E-state index contributed by atoms with van der Waals surface area (Å²) < 4.78 is 10.2. The van der Waals surface area contributed by atoms with Gasteiger partial charge in [-0.3, -0.25) is 4.79 Å². The highest BCUT2D eigenvalue weighted by Gasteiger charge is 2.36. The van der Waals surface area contributed by atoms with Gasteiger partial charge in [0, 0.05) is 19.2 Å². The van der Waals surface area contributed by atoms with Gasteiger partial charge in [-0.1, -0.05) is 43.3 Å². The van der Waals surface area contributed by atoms with Crippen molar-refractivity contribution in [3.63, 3.8) is 0 Å². The van der Waals surface area contributed by atoms with Gasteiger partial charge >= 0.3 is 5.97 Å². The molecule has 1 aliphatic heterocycles. The van der Waals surface area contributed by atoms with E-state index in [0.29, 0.717) is 29.6 Å². The Kier molecular flexibility index (Phi) is 4.58. The molecule has 2 aromatic heterocycles. The van der Waals surface area contributed by atoms with Gasteiger partial charge in [-0.25, -0.2) is 9.78 Å². The molecule has 7 heteroatoms. The summed E-state index contributed by atoms with van der Waals surface area (Å²) in [5, 5.41) is 4.77. The van der Waals surface area contributed by atoms with E-state index in [1.54, 1.807) is 11.0 Å². The van der Waals surface area contributed by atoms with Gasteiger partial charge in [0.2, 0.25) is 0 Å². The smallest absolute Gasteiger partial charge is 0.328 e. The van der Waals surface area contributed by atoms with E-state index < -0.39 is 12.0 Å². The summed E-state index contributed by atoms with van der Waals surface area (Å²) in [4.78, 5) is 31.5. The normalized spacial score (nSPS) is 16.3. The quantitative estimate of drug-likeness (QED) is 0.650. The fourth-order valence-corrected chi connectivity index (χ4v) is 3.63. The van der Waals surface area contributed by atoms with Crippen LogP contribution in [0.2, 0.25) is 0 Å². The van der Waals surface area contributed by atoms with Gasteiger partial charge in [0.15, 0.2) is 0 Å². The summed E-state index contributed by atoms with van der Waals surface area (Å²) in [7, 11) is 1.34. The number of carbonyl (C=O) groups is 2. The SMILES string of the molecule is COC(=O)C1Cc2ccccc2CN1C(=O)c1cnc2onc(C(C)C)c2c1. The average molecular weight is 379 g/mol. The van der Waals surface area contributed by atoms with Crippen LogP contribution in [-0.2, 0) is 22.5 Å². The lowest BCUT2D eigenvalue weighted by Gasteiger charge is -2.35. The van der Waals surface area contributed by atoms with Crippen molar-refractivity contribution in [1.82, 2.24) is 15.0 Å². The van der Waals surface area contributed by atoms with Gasteiger partial charge in [0.05, 0.1) is 23.8 Å². The second kappa shape index (κ2) is 7.07. The molecule has 0 N–H and O–H groups in total. The Hall–Kier alpha value is -3.22. The molecule has 1 unspecified atom stereocenters. The molecule has 7 nitrogen and oxygen atoms in total. The predicted octanol–water partition coefficient (Wildman–Crippen LogP) is 3.09. The third-order valence-electron chi connectivity index (χ3n) is 5.13. The number of hydrogen-bond donors (Lipinski definition) is 0. The van der Waals surface area contributed by atoms with Crippen LogP contribution in [0.3, 0.4) is 0 Å². The maximum atomic E-state index is 13.3. The molecule has 0 aliphatic carbocycles. The van der Waals surface area contributed by atoms with E-state index in [1.165, 1.54) is 13.3 Å². The van der Waals surface area contributed by atoms with Crippen LogP contribution in [0.5, 0.6) is 0 Å². The number of aromatic nitrogens is 2. The largest absolute Gasteiger partial charge is 0.467 e. The zero-order valence-corrected chi connectivity index (χ0v) is 16.0. The number of carbonyl (C=O) groups excluding carboxylic acids is 2. The van der Waals surface area contributed by atoms with E-state index in [0.717, 1.165) is 16.8 Å². The lowest BCUT2D eigenvalue weighted by molar-refractivity contribution is -0.146. The number of methoxy groups -OCH3 is 1. The van der Waals surface area contributed by atoms with Crippen LogP contribution >= 0.6 is 0 Å². The second-order valence-corrected chi connectivity index (χ2v) is 7.24. The lowest BCUT2D eigenvalue weighted by Crippen LogP contribution is -2.49. The van der Waals surface area contributed by atoms with Gasteiger partial charge in [-0.2, -0.15) is 0 Å². The molecule has 1 atom stereocenters. The van der Waals surface area contributed by atoms with E-state index in [-0.39, 0.29) is 11.8 Å². The summed E-state index contributed by atoms with van der Waals surface area (Å²) in [6.45, 7) is 4.34. The van der Waals surface area contributed by atoms with Crippen molar-refractivity contribution < 1.29 is 18.8 Å². The maximum Gasteiger partial charge on any atom is 0.328 e. The summed E-state index contributed by atoms with van der Waals surface area (Å²) in [5.74, 6) is -0.557. The zero-order chi connectivity index (χ0) is 19.8. The minimum atomic E-state index is -0.671. The molecular formula is C21H21N3O4. The van der Waals surface area contributed by atoms with Crippen molar-refractivity contribution >= 4 is 23.0 Å². The van der Waals surface area contributed by atoms with Crippen LogP contribution in [0, 0.1) is 0 Å².